The van der Waals surface area contributed by atoms with Crippen LogP contribution in [0.3, 0.4) is 0 Å². The van der Waals surface area contributed by atoms with Gasteiger partial charge in [0, 0.05) is 5.56 Å². The topological polar surface area (TPSA) is 51.2 Å². The van der Waals surface area contributed by atoms with Crippen LogP contribution < -0.4 is 10.1 Å². The maximum absolute atomic E-state index is 12.2. The fourth-order valence-electron chi connectivity index (χ4n) is 2.11. The molecule has 0 unspecified atom stereocenters. The van der Waals surface area contributed by atoms with E-state index in [4.69, 9.17) is 16.3 Å². The van der Waals surface area contributed by atoms with Crippen molar-refractivity contribution in [2.75, 3.05) is 5.32 Å². The Morgan fingerprint density at radius 1 is 0.958 bits per heavy atom. The summed E-state index contributed by atoms with van der Waals surface area (Å²) in [5.74, 6) is 0.868. The summed E-state index contributed by atoms with van der Waals surface area (Å²) >= 11 is 5.80. The Balaban J connectivity index is 1.60. The third kappa shape index (κ3) is 4.33. The highest BCUT2D eigenvalue weighted by Crippen LogP contribution is 2.16. The molecule has 1 N–H and O–H groups in total. The zero-order valence-corrected chi connectivity index (χ0v) is 13.5. The number of anilines is 1. The molecular weight excluding hydrogens is 324 g/mol. The van der Waals surface area contributed by atoms with E-state index in [0.717, 1.165) is 5.56 Å². The average molecular weight is 339 g/mol. The van der Waals surface area contributed by atoms with E-state index in [0.29, 0.717) is 28.9 Å². The first-order valence-corrected chi connectivity index (χ1v) is 7.79. The third-order valence-corrected chi connectivity index (χ3v) is 3.53. The first-order chi connectivity index (χ1) is 11.7. The van der Waals surface area contributed by atoms with E-state index >= 15 is 0 Å². The van der Waals surface area contributed by atoms with Crippen molar-refractivity contribution in [2.24, 2.45) is 0 Å². The number of hydrogen-bond acceptors (Lipinski definition) is 3. The van der Waals surface area contributed by atoms with Crippen molar-refractivity contribution in [1.82, 2.24) is 4.98 Å². The number of nitrogens with one attached hydrogen (secondary N) is 1. The van der Waals surface area contributed by atoms with Gasteiger partial charge < -0.3 is 10.1 Å². The number of carbonyl (C=O) groups excluding carboxylic acids is 1. The minimum Gasteiger partial charge on any atom is -0.489 e. The van der Waals surface area contributed by atoms with Gasteiger partial charge in [-0.25, -0.2) is 4.98 Å². The lowest BCUT2D eigenvalue weighted by Gasteiger charge is -2.08. The smallest absolute Gasteiger partial charge is 0.256 e. The molecule has 3 rings (SSSR count). The van der Waals surface area contributed by atoms with Gasteiger partial charge in [0.05, 0.1) is 0 Å². The van der Waals surface area contributed by atoms with E-state index in [-0.39, 0.29) is 5.91 Å². The molecule has 1 aromatic heterocycles. The summed E-state index contributed by atoms with van der Waals surface area (Å²) in [5.41, 5.74) is 1.61. The van der Waals surface area contributed by atoms with Crippen LogP contribution in [-0.4, -0.2) is 10.9 Å². The number of hydrogen-bond donors (Lipinski definition) is 1. The van der Waals surface area contributed by atoms with Crippen molar-refractivity contribution in [1.29, 1.82) is 0 Å². The van der Waals surface area contributed by atoms with Gasteiger partial charge >= 0.3 is 0 Å². The van der Waals surface area contributed by atoms with Crippen LogP contribution in [0.2, 0.25) is 5.15 Å². The predicted molar refractivity (Wildman–Crippen MR) is 94.4 cm³/mol. The standard InChI is InChI=1S/C19H15ClN2O2/c20-17-7-4-8-18(21-17)22-19(23)15-9-11-16(12-10-15)24-13-14-5-2-1-3-6-14/h1-12H,13H2,(H,21,22,23). The van der Waals surface area contributed by atoms with Crippen LogP contribution in [0.25, 0.3) is 0 Å². The summed E-state index contributed by atoms with van der Waals surface area (Å²) in [6.45, 7) is 0.485. The number of nitrogens with zero attached hydrogens (tertiary/aromatic N) is 1. The van der Waals surface area contributed by atoms with E-state index in [9.17, 15) is 4.79 Å². The van der Waals surface area contributed by atoms with E-state index in [1.54, 1.807) is 42.5 Å². The Morgan fingerprint density at radius 3 is 2.42 bits per heavy atom. The zero-order valence-electron chi connectivity index (χ0n) is 12.8. The number of halogens is 1. The lowest BCUT2D eigenvalue weighted by Crippen LogP contribution is -2.12. The Kier molecular flexibility index (Phi) is 5.08. The summed E-state index contributed by atoms with van der Waals surface area (Å²) in [5, 5.41) is 3.03. The van der Waals surface area contributed by atoms with Gasteiger partial charge in [-0.05, 0) is 42.0 Å². The Hall–Kier alpha value is -2.85. The Bertz CT molecular complexity index is 820. The molecule has 24 heavy (non-hydrogen) atoms. The van der Waals surface area contributed by atoms with Gasteiger partial charge in [0.25, 0.3) is 5.91 Å². The molecule has 120 valence electrons. The van der Waals surface area contributed by atoms with Gasteiger partial charge in [-0.15, -0.1) is 0 Å². The molecule has 5 heteroatoms. The molecule has 1 heterocycles. The van der Waals surface area contributed by atoms with Crippen LogP contribution in [0, 0.1) is 0 Å². The first-order valence-electron chi connectivity index (χ1n) is 7.41. The number of pyridine rings is 1. The molecule has 4 nitrogen and oxygen atoms in total. The molecule has 0 radical (unpaired) electrons. The van der Waals surface area contributed by atoms with Gasteiger partial charge in [0.15, 0.2) is 0 Å². The number of rotatable bonds is 5. The molecule has 0 fully saturated rings. The summed E-state index contributed by atoms with van der Waals surface area (Å²) in [4.78, 5) is 16.2. The van der Waals surface area contributed by atoms with Crippen molar-refractivity contribution < 1.29 is 9.53 Å². The highest BCUT2D eigenvalue weighted by atomic mass is 35.5. The summed E-state index contributed by atoms with van der Waals surface area (Å²) in [7, 11) is 0. The number of carbonyl (C=O) groups is 1. The molecule has 0 bridgehead atoms. The van der Waals surface area contributed by atoms with E-state index in [1.165, 1.54) is 0 Å². The van der Waals surface area contributed by atoms with E-state index in [1.807, 2.05) is 30.3 Å². The SMILES string of the molecule is O=C(Nc1cccc(Cl)n1)c1ccc(OCc2ccccc2)cc1. The van der Waals surface area contributed by atoms with Crippen molar-refractivity contribution >= 4 is 23.3 Å². The second kappa shape index (κ2) is 7.62. The van der Waals surface area contributed by atoms with E-state index < -0.39 is 0 Å². The van der Waals surface area contributed by atoms with Gasteiger partial charge in [-0.3, -0.25) is 4.79 Å². The molecule has 0 saturated carbocycles. The molecule has 0 spiro atoms. The summed E-state index contributed by atoms with van der Waals surface area (Å²) in [6, 6.07) is 21.9. The monoisotopic (exact) mass is 338 g/mol. The third-order valence-electron chi connectivity index (χ3n) is 3.32. The van der Waals surface area contributed by atoms with Gasteiger partial charge in [-0.1, -0.05) is 48.0 Å². The number of benzene rings is 2. The number of ether oxygens (including phenoxy) is 1. The Labute approximate surface area is 145 Å². The number of amides is 1. The van der Waals surface area contributed by atoms with Crippen LogP contribution in [0.1, 0.15) is 15.9 Å². The molecule has 0 aliphatic heterocycles. The van der Waals surface area contributed by atoms with E-state index in [2.05, 4.69) is 10.3 Å². The van der Waals surface area contributed by atoms with Crippen LogP contribution >= 0.6 is 11.6 Å². The molecule has 1 amide bonds. The lowest BCUT2D eigenvalue weighted by molar-refractivity contribution is 0.102. The first kappa shape index (κ1) is 16.0. The zero-order chi connectivity index (χ0) is 16.8. The second-order valence-corrected chi connectivity index (χ2v) is 5.49. The fourth-order valence-corrected chi connectivity index (χ4v) is 2.27. The van der Waals surface area contributed by atoms with Gasteiger partial charge in [0.2, 0.25) is 0 Å². The Morgan fingerprint density at radius 2 is 1.71 bits per heavy atom. The highest BCUT2D eigenvalue weighted by Gasteiger charge is 2.07. The normalized spacial score (nSPS) is 10.2. The quantitative estimate of drug-likeness (QED) is 0.693. The minimum absolute atomic E-state index is 0.251. The largest absolute Gasteiger partial charge is 0.489 e. The maximum Gasteiger partial charge on any atom is 0.256 e. The number of aromatic nitrogens is 1. The molecule has 0 aliphatic carbocycles. The summed E-state index contributed by atoms with van der Waals surface area (Å²) in [6.07, 6.45) is 0. The van der Waals surface area contributed by atoms with Crippen molar-refractivity contribution in [2.45, 2.75) is 6.61 Å². The average Bonchev–Trinajstić information content (AvgIpc) is 2.61. The predicted octanol–water partition coefficient (Wildman–Crippen LogP) is 4.57. The van der Waals surface area contributed by atoms with Crippen LogP contribution in [0.5, 0.6) is 5.75 Å². The van der Waals surface area contributed by atoms with Crippen LogP contribution in [0.15, 0.2) is 72.8 Å². The highest BCUT2D eigenvalue weighted by molar-refractivity contribution is 6.29. The van der Waals surface area contributed by atoms with Crippen molar-refractivity contribution in [3.63, 3.8) is 0 Å². The van der Waals surface area contributed by atoms with Crippen LogP contribution in [0.4, 0.5) is 5.82 Å². The molecule has 2 aromatic carbocycles. The van der Waals surface area contributed by atoms with Gasteiger partial charge in [-0.2, -0.15) is 0 Å². The second-order valence-electron chi connectivity index (χ2n) is 5.10. The van der Waals surface area contributed by atoms with Crippen molar-refractivity contribution in [3.05, 3.63) is 89.1 Å². The fraction of sp³-hybridized carbons (Fsp3) is 0.0526. The molecule has 0 saturated heterocycles. The van der Waals surface area contributed by atoms with Gasteiger partial charge in [0.1, 0.15) is 23.3 Å². The molecule has 0 aliphatic rings. The maximum atomic E-state index is 12.2. The molecule has 0 atom stereocenters. The lowest BCUT2D eigenvalue weighted by atomic mass is 10.2. The minimum atomic E-state index is -0.251. The molecular formula is C19H15ClN2O2. The van der Waals surface area contributed by atoms with Crippen LogP contribution in [-0.2, 0) is 6.61 Å². The molecule has 3 aromatic rings. The van der Waals surface area contributed by atoms with Crippen molar-refractivity contribution in [3.8, 4) is 5.75 Å². The summed E-state index contributed by atoms with van der Waals surface area (Å²) < 4.78 is 5.70.